The van der Waals surface area contributed by atoms with Crippen molar-refractivity contribution >= 4 is 0 Å². The van der Waals surface area contributed by atoms with Crippen LogP contribution in [-0.4, -0.2) is 18.2 Å². The summed E-state index contributed by atoms with van der Waals surface area (Å²) in [4.78, 5) is 3.69. The highest BCUT2D eigenvalue weighted by Crippen LogP contribution is 2.34. The number of rotatable bonds is 4. The third-order valence-electron chi connectivity index (χ3n) is 2.51. The van der Waals surface area contributed by atoms with Crippen LogP contribution >= 0.6 is 0 Å². The summed E-state index contributed by atoms with van der Waals surface area (Å²) in [5, 5.41) is 0. The number of aromatic nitrogens is 1. The Morgan fingerprint density at radius 1 is 1.47 bits per heavy atom. The number of hydrogen-bond donors (Lipinski definition) is 2. The van der Waals surface area contributed by atoms with E-state index in [4.69, 9.17) is 10.6 Å². The molecule has 1 aromatic heterocycles. The largest absolute Gasteiger partial charge is 0.416 e. The molecule has 1 heterocycles. The van der Waals surface area contributed by atoms with Gasteiger partial charge in [-0.3, -0.25) is 16.3 Å². The number of alkyl halides is 3. The Morgan fingerprint density at radius 2 is 2.12 bits per heavy atom. The number of hydrogen-bond acceptors (Lipinski definition) is 4. The van der Waals surface area contributed by atoms with Crippen LogP contribution in [0.3, 0.4) is 0 Å². The lowest BCUT2D eigenvalue weighted by Gasteiger charge is -2.24. The minimum atomic E-state index is -4.44. The fourth-order valence-corrected chi connectivity index (χ4v) is 1.53. The molecule has 0 aliphatic carbocycles. The zero-order valence-corrected chi connectivity index (χ0v) is 9.45. The maximum absolute atomic E-state index is 12.8. The van der Waals surface area contributed by atoms with Crippen LogP contribution in [0.2, 0.25) is 0 Å². The number of methoxy groups -OCH3 is 1. The van der Waals surface area contributed by atoms with Crippen molar-refractivity contribution in [1.29, 1.82) is 0 Å². The molecular weight excluding hydrogens is 235 g/mol. The average Bonchev–Trinajstić information content (AvgIpc) is 2.29. The van der Waals surface area contributed by atoms with E-state index in [0.717, 1.165) is 18.5 Å². The minimum Gasteiger partial charge on any atom is -0.380 e. The number of nitrogens with two attached hydrogens (primary N) is 1. The summed E-state index contributed by atoms with van der Waals surface area (Å²) in [5.74, 6) is 5.27. The first kappa shape index (κ1) is 13.9. The van der Waals surface area contributed by atoms with Crippen molar-refractivity contribution in [3.8, 4) is 0 Å². The summed E-state index contributed by atoms with van der Waals surface area (Å²) in [6.45, 7) is 1.62. The number of nitrogens with one attached hydrogen (secondary N) is 1. The van der Waals surface area contributed by atoms with E-state index in [1.807, 2.05) is 0 Å². The predicted molar refractivity (Wildman–Crippen MR) is 55.8 cm³/mol. The molecule has 2 unspecified atom stereocenters. The lowest BCUT2D eigenvalue weighted by molar-refractivity contribution is -0.138. The Bertz CT molecular complexity index is 370. The van der Waals surface area contributed by atoms with Gasteiger partial charge in [-0.25, -0.2) is 0 Å². The van der Waals surface area contributed by atoms with E-state index < -0.39 is 23.9 Å². The molecule has 0 spiro atoms. The van der Waals surface area contributed by atoms with E-state index in [2.05, 4.69) is 10.4 Å². The number of pyridine rings is 1. The van der Waals surface area contributed by atoms with Crippen molar-refractivity contribution < 1.29 is 17.9 Å². The second kappa shape index (κ2) is 5.44. The number of nitrogens with zero attached hydrogens (tertiary/aromatic N) is 1. The van der Waals surface area contributed by atoms with Gasteiger partial charge in [0.2, 0.25) is 0 Å². The maximum atomic E-state index is 12.8. The molecule has 0 saturated heterocycles. The number of ether oxygens (including phenoxy) is 1. The Kier molecular flexibility index (Phi) is 4.44. The lowest BCUT2D eigenvalue weighted by Crippen LogP contribution is -2.37. The molecule has 1 rings (SSSR count). The molecule has 0 radical (unpaired) electrons. The van der Waals surface area contributed by atoms with Gasteiger partial charge < -0.3 is 4.74 Å². The first-order valence-corrected chi connectivity index (χ1v) is 4.91. The molecule has 17 heavy (non-hydrogen) atoms. The Morgan fingerprint density at radius 3 is 2.59 bits per heavy atom. The van der Waals surface area contributed by atoms with Crippen LogP contribution in [-0.2, 0) is 10.9 Å². The molecule has 0 fully saturated rings. The van der Waals surface area contributed by atoms with Crippen LogP contribution < -0.4 is 11.3 Å². The van der Waals surface area contributed by atoms with Gasteiger partial charge in [-0.15, -0.1) is 0 Å². The minimum absolute atomic E-state index is 0.0307. The molecule has 7 heteroatoms. The maximum Gasteiger partial charge on any atom is 0.416 e. The first-order chi connectivity index (χ1) is 7.91. The highest BCUT2D eigenvalue weighted by atomic mass is 19.4. The quantitative estimate of drug-likeness (QED) is 0.629. The molecule has 2 atom stereocenters. The summed E-state index contributed by atoms with van der Waals surface area (Å²) in [6.07, 6.45) is -2.72. The van der Waals surface area contributed by atoms with Crippen molar-refractivity contribution in [3.63, 3.8) is 0 Å². The molecular formula is C10H14F3N3O. The van der Waals surface area contributed by atoms with Gasteiger partial charge in [-0.1, -0.05) is 0 Å². The van der Waals surface area contributed by atoms with Crippen molar-refractivity contribution in [2.24, 2.45) is 5.84 Å². The van der Waals surface area contributed by atoms with Crippen molar-refractivity contribution in [1.82, 2.24) is 10.4 Å². The third kappa shape index (κ3) is 3.15. The summed E-state index contributed by atoms with van der Waals surface area (Å²) in [6, 6.07) is 0.146. The van der Waals surface area contributed by atoms with Crippen LogP contribution in [0, 0.1) is 0 Å². The molecule has 0 saturated carbocycles. The van der Waals surface area contributed by atoms with Gasteiger partial charge in [0.1, 0.15) is 0 Å². The smallest absolute Gasteiger partial charge is 0.380 e. The van der Waals surface area contributed by atoms with Crippen molar-refractivity contribution in [3.05, 3.63) is 29.6 Å². The van der Waals surface area contributed by atoms with Crippen molar-refractivity contribution in [2.45, 2.75) is 25.2 Å². The van der Waals surface area contributed by atoms with E-state index in [0.29, 0.717) is 0 Å². The second-order valence-corrected chi connectivity index (χ2v) is 3.55. The van der Waals surface area contributed by atoms with Gasteiger partial charge in [0.15, 0.2) is 0 Å². The van der Waals surface area contributed by atoms with Crippen LogP contribution in [0.15, 0.2) is 18.5 Å². The Labute approximate surface area is 96.9 Å². The topological polar surface area (TPSA) is 60.2 Å². The Hall–Kier alpha value is -1.18. The fraction of sp³-hybridized carbons (Fsp3) is 0.500. The Balaban J connectivity index is 3.20. The molecule has 96 valence electrons. The SMILES string of the molecule is COC(C)C(NN)c1cnccc1C(F)(F)F. The molecule has 0 aliphatic heterocycles. The monoisotopic (exact) mass is 249 g/mol. The van der Waals surface area contributed by atoms with E-state index in [-0.39, 0.29) is 5.56 Å². The van der Waals surface area contributed by atoms with Gasteiger partial charge in [-0.2, -0.15) is 13.2 Å². The fourth-order valence-electron chi connectivity index (χ4n) is 1.53. The van der Waals surface area contributed by atoms with Crippen LogP contribution in [0.1, 0.15) is 24.1 Å². The van der Waals surface area contributed by atoms with Gasteiger partial charge in [-0.05, 0) is 13.0 Å². The zero-order chi connectivity index (χ0) is 13.1. The summed E-state index contributed by atoms with van der Waals surface area (Å²) in [5.41, 5.74) is 1.52. The second-order valence-electron chi connectivity index (χ2n) is 3.55. The molecule has 0 amide bonds. The number of hydrazine groups is 1. The molecule has 3 N–H and O–H groups in total. The zero-order valence-electron chi connectivity index (χ0n) is 9.45. The summed E-state index contributed by atoms with van der Waals surface area (Å²) in [7, 11) is 1.40. The highest BCUT2D eigenvalue weighted by Gasteiger charge is 2.36. The lowest BCUT2D eigenvalue weighted by atomic mass is 9.99. The van der Waals surface area contributed by atoms with Gasteiger partial charge in [0.25, 0.3) is 0 Å². The third-order valence-corrected chi connectivity index (χ3v) is 2.51. The molecule has 1 aromatic rings. The van der Waals surface area contributed by atoms with Gasteiger partial charge in [0.05, 0.1) is 17.7 Å². The molecule has 0 aliphatic rings. The van der Waals surface area contributed by atoms with Crippen LogP contribution in [0.25, 0.3) is 0 Å². The normalized spacial score (nSPS) is 15.6. The summed E-state index contributed by atoms with van der Waals surface area (Å²) < 4.78 is 43.3. The summed E-state index contributed by atoms with van der Waals surface area (Å²) >= 11 is 0. The van der Waals surface area contributed by atoms with Crippen LogP contribution in [0.4, 0.5) is 13.2 Å². The van der Waals surface area contributed by atoms with Gasteiger partial charge >= 0.3 is 6.18 Å². The highest BCUT2D eigenvalue weighted by molar-refractivity contribution is 5.29. The van der Waals surface area contributed by atoms with E-state index in [1.54, 1.807) is 6.92 Å². The standard InChI is InChI=1S/C10H14F3N3O/c1-6(17-2)9(16-14)7-5-15-4-3-8(7)10(11,12)13/h3-6,9,16H,14H2,1-2H3. The van der Waals surface area contributed by atoms with E-state index >= 15 is 0 Å². The van der Waals surface area contributed by atoms with Crippen molar-refractivity contribution in [2.75, 3.05) is 7.11 Å². The van der Waals surface area contributed by atoms with E-state index in [1.165, 1.54) is 7.11 Å². The molecule has 0 bridgehead atoms. The van der Waals surface area contributed by atoms with Gasteiger partial charge in [0, 0.05) is 25.1 Å². The number of halogens is 3. The first-order valence-electron chi connectivity index (χ1n) is 4.91. The molecule has 4 nitrogen and oxygen atoms in total. The average molecular weight is 249 g/mol. The van der Waals surface area contributed by atoms with E-state index in [9.17, 15) is 13.2 Å². The molecule has 0 aromatic carbocycles. The van der Waals surface area contributed by atoms with Crippen LogP contribution in [0.5, 0.6) is 0 Å². The predicted octanol–water partition coefficient (Wildman–Crippen LogP) is 1.64.